The number of alkyl halides is 2. The molecule has 9 heteroatoms. The summed E-state index contributed by atoms with van der Waals surface area (Å²) in [4.78, 5) is 39.3. The molecule has 4 aliphatic carbocycles. The molecule has 0 aliphatic heterocycles. The summed E-state index contributed by atoms with van der Waals surface area (Å²) in [5, 5.41) is 0. The van der Waals surface area contributed by atoms with Crippen molar-refractivity contribution in [3.63, 3.8) is 0 Å². The number of carbonyl (C=O) groups excluding carboxylic acids is 3. The number of esters is 3. The quantitative estimate of drug-likeness (QED) is 0.0948. The first-order valence-electron chi connectivity index (χ1n) is 15.9. The molecule has 0 amide bonds. The van der Waals surface area contributed by atoms with Crippen molar-refractivity contribution in [1.82, 2.24) is 0 Å². The molecule has 0 spiro atoms. The summed E-state index contributed by atoms with van der Waals surface area (Å²) in [6, 6.07) is 32.2. The summed E-state index contributed by atoms with van der Waals surface area (Å²) >= 11 is 0. The van der Waals surface area contributed by atoms with Crippen LogP contribution >= 0.6 is 0 Å². The van der Waals surface area contributed by atoms with Gasteiger partial charge >= 0.3 is 23.8 Å². The number of hydrogen-bond donors (Lipinski definition) is 0. The SMILES string of the molecule is C=C(C)C(=O)OCC(=O)OC12CC3CC(CC(COC(=O)C(C)(F)F)(C3)C1)C2.c1ccc([S+](c2ccccc2)c2ccccc2)cc1. The van der Waals surface area contributed by atoms with Gasteiger partial charge < -0.3 is 14.2 Å². The Labute approximate surface area is 277 Å². The second-order valence-electron chi connectivity index (χ2n) is 13.2. The predicted molar refractivity (Wildman–Crippen MR) is 175 cm³/mol. The van der Waals surface area contributed by atoms with Gasteiger partial charge in [0.25, 0.3) is 0 Å². The molecule has 0 saturated heterocycles. The summed E-state index contributed by atoms with van der Waals surface area (Å²) in [5.74, 6) is -5.75. The molecular formula is C38H41F2O6S+. The lowest BCUT2D eigenvalue weighted by Crippen LogP contribution is -2.59. The molecule has 4 fully saturated rings. The van der Waals surface area contributed by atoms with Gasteiger partial charge in [-0.2, -0.15) is 8.78 Å². The van der Waals surface area contributed by atoms with Crippen LogP contribution in [0, 0.1) is 17.3 Å². The van der Waals surface area contributed by atoms with Crippen LogP contribution in [0.5, 0.6) is 0 Å². The van der Waals surface area contributed by atoms with Gasteiger partial charge in [-0.1, -0.05) is 61.2 Å². The van der Waals surface area contributed by atoms with Gasteiger partial charge in [0.2, 0.25) is 0 Å². The standard InChI is InChI=1S/C20H26F2O6.C18H15S/c1-12(2)16(24)26-9-15(23)28-20-7-13-4-14(8-20)6-19(5-13,10-20)11-27-17(25)18(3,21)22;1-4-10-16(11-5-1)19(17-12-6-2-7-13-17)18-14-8-3-9-15-18/h13-14H,1,4-11H2,2-3H3;1-15H/q;+1. The molecule has 4 aliphatic rings. The van der Waals surface area contributed by atoms with E-state index >= 15 is 0 Å². The molecule has 0 N–H and O–H groups in total. The third-order valence-corrected chi connectivity index (χ3v) is 11.2. The minimum atomic E-state index is -3.53. The molecule has 6 nitrogen and oxygen atoms in total. The third-order valence-electron chi connectivity index (χ3n) is 8.93. The minimum absolute atomic E-state index is 0.0146. The molecule has 3 aromatic rings. The lowest BCUT2D eigenvalue weighted by atomic mass is 9.48. The fourth-order valence-corrected chi connectivity index (χ4v) is 9.70. The van der Waals surface area contributed by atoms with E-state index < -0.39 is 41.5 Å². The average Bonchev–Trinajstić information content (AvgIpc) is 3.03. The molecule has 7 rings (SSSR count). The molecule has 2 unspecified atom stereocenters. The van der Waals surface area contributed by atoms with Crippen LogP contribution in [0.1, 0.15) is 52.4 Å². The maximum Gasteiger partial charge on any atom is 0.376 e. The van der Waals surface area contributed by atoms with Crippen molar-refractivity contribution in [2.75, 3.05) is 13.2 Å². The first kappa shape index (κ1) is 34.4. The molecule has 0 aromatic heterocycles. The van der Waals surface area contributed by atoms with Crippen molar-refractivity contribution in [3.8, 4) is 0 Å². The summed E-state index contributed by atoms with van der Waals surface area (Å²) in [5.41, 5.74) is -0.964. The van der Waals surface area contributed by atoms with Crippen LogP contribution in [0.4, 0.5) is 8.78 Å². The molecule has 0 radical (unpaired) electrons. The van der Waals surface area contributed by atoms with E-state index in [2.05, 4.69) is 97.6 Å². The molecule has 4 saturated carbocycles. The molecule has 2 atom stereocenters. The van der Waals surface area contributed by atoms with Gasteiger partial charge in [-0.15, -0.1) is 0 Å². The molecule has 47 heavy (non-hydrogen) atoms. The Morgan fingerprint density at radius 1 is 0.809 bits per heavy atom. The number of rotatable bonds is 10. The molecule has 3 aromatic carbocycles. The highest BCUT2D eigenvalue weighted by atomic mass is 32.2. The van der Waals surface area contributed by atoms with Gasteiger partial charge in [-0.3, -0.25) is 0 Å². The number of halogens is 2. The van der Waals surface area contributed by atoms with Crippen molar-refractivity contribution in [3.05, 3.63) is 103 Å². The number of hydrogen-bond acceptors (Lipinski definition) is 6. The smallest absolute Gasteiger partial charge is 0.376 e. The Morgan fingerprint density at radius 3 is 1.70 bits per heavy atom. The topological polar surface area (TPSA) is 78.9 Å². The van der Waals surface area contributed by atoms with Crippen LogP contribution in [-0.4, -0.2) is 42.6 Å². The molecule has 0 heterocycles. The Morgan fingerprint density at radius 2 is 1.28 bits per heavy atom. The van der Waals surface area contributed by atoms with Gasteiger partial charge in [0.15, 0.2) is 21.3 Å². The molecule has 248 valence electrons. The van der Waals surface area contributed by atoms with Crippen molar-refractivity contribution in [1.29, 1.82) is 0 Å². The summed E-state index contributed by atoms with van der Waals surface area (Å²) in [7, 11) is -0.0146. The predicted octanol–water partition coefficient (Wildman–Crippen LogP) is 7.97. The normalized spacial score (nSPS) is 24.1. The Bertz CT molecular complexity index is 1450. The van der Waals surface area contributed by atoms with Gasteiger partial charge in [0.05, 0.1) is 17.5 Å². The number of carbonyl (C=O) groups is 3. The Hall–Kier alpha value is -3.98. The average molecular weight is 664 g/mol. The van der Waals surface area contributed by atoms with Crippen LogP contribution in [-0.2, 0) is 39.5 Å². The third kappa shape index (κ3) is 8.69. The van der Waals surface area contributed by atoms with Crippen molar-refractivity contribution in [2.24, 2.45) is 17.3 Å². The zero-order valence-corrected chi connectivity index (χ0v) is 27.6. The summed E-state index contributed by atoms with van der Waals surface area (Å²) < 4.78 is 41.8. The minimum Gasteiger partial charge on any atom is -0.461 e. The Kier molecular flexibility index (Phi) is 10.5. The molecular weight excluding hydrogens is 622 g/mol. The van der Waals surface area contributed by atoms with E-state index in [0.29, 0.717) is 38.0 Å². The second kappa shape index (κ2) is 14.4. The van der Waals surface area contributed by atoms with Crippen LogP contribution in [0.25, 0.3) is 0 Å². The largest absolute Gasteiger partial charge is 0.461 e. The van der Waals surface area contributed by atoms with Crippen molar-refractivity contribution < 1.29 is 37.4 Å². The highest BCUT2D eigenvalue weighted by Gasteiger charge is 2.60. The first-order valence-corrected chi connectivity index (χ1v) is 17.1. The number of benzene rings is 3. The van der Waals surface area contributed by atoms with E-state index in [1.165, 1.54) is 21.6 Å². The van der Waals surface area contributed by atoms with Crippen LogP contribution in [0.3, 0.4) is 0 Å². The van der Waals surface area contributed by atoms with Crippen LogP contribution in [0.15, 0.2) is 118 Å². The zero-order chi connectivity index (χ0) is 33.7. The maximum absolute atomic E-state index is 13.1. The van der Waals surface area contributed by atoms with E-state index in [4.69, 9.17) is 14.2 Å². The first-order chi connectivity index (χ1) is 22.4. The van der Waals surface area contributed by atoms with Gasteiger partial charge in [-0.25, -0.2) is 14.4 Å². The lowest BCUT2D eigenvalue weighted by molar-refractivity contribution is -0.216. The Balaban J connectivity index is 0.000000198. The second-order valence-corrected chi connectivity index (χ2v) is 15.2. The summed E-state index contributed by atoms with van der Waals surface area (Å²) in [6.45, 7) is 4.87. The van der Waals surface area contributed by atoms with E-state index in [9.17, 15) is 23.2 Å². The fourth-order valence-electron chi connectivity index (χ4n) is 7.60. The number of ether oxygens (including phenoxy) is 3. The van der Waals surface area contributed by atoms with E-state index in [0.717, 1.165) is 19.3 Å². The summed E-state index contributed by atoms with van der Waals surface area (Å²) in [6.07, 6.45) is 4.41. The zero-order valence-electron chi connectivity index (χ0n) is 26.8. The van der Waals surface area contributed by atoms with E-state index in [1.807, 2.05) is 0 Å². The van der Waals surface area contributed by atoms with Crippen molar-refractivity contribution in [2.45, 2.75) is 78.6 Å². The van der Waals surface area contributed by atoms with Crippen molar-refractivity contribution >= 4 is 28.8 Å². The maximum atomic E-state index is 13.1. The van der Waals surface area contributed by atoms with E-state index in [-0.39, 0.29) is 23.1 Å². The highest BCUT2D eigenvalue weighted by Crippen LogP contribution is 2.63. The van der Waals surface area contributed by atoms with Gasteiger partial charge in [-0.05, 0) is 93.7 Å². The van der Waals surface area contributed by atoms with Gasteiger partial charge in [0.1, 0.15) is 5.60 Å². The van der Waals surface area contributed by atoms with Crippen LogP contribution < -0.4 is 0 Å². The fraction of sp³-hybridized carbons (Fsp3) is 0.395. The highest BCUT2D eigenvalue weighted by molar-refractivity contribution is 7.97. The lowest BCUT2D eigenvalue weighted by Gasteiger charge is -2.60. The van der Waals surface area contributed by atoms with E-state index in [1.54, 1.807) is 0 Å². The molecule has 4 bridgehead atoms. The monoisotopic (exact) mass is 663 g/mol. The van der Waals surface area contributed by atoms with Gasteiger partial charge in [0, 0.05) is 17.9 Å². The van der Waals surface area contributed by atoms with Crippen LogP contribution in [0.2, 0.25) is 0 Å².